The molecule has 0 aromatic carbocycles. The van der Waals surface area contributed by atoms with Gasteiger partial charge in [-0.3, -0.25) is 9.78 Å². The lowest BCUT2D eigenvalue weighted by Gasteiger charge is -2.02. The maximum absolute atomic E-state index is 10.5. The van der Waals surface area contributed by atoms with Gasteiger partial charge in [-0.1, -0.05) is 11.2 Å². The molecule has 5 heteroatoms. The van der Waals surface area contributed by atoms with Crippen LogP contribution < -0.4 is 0 Å². The molecule has 5 nitrogen and oxygen atoms in total. The van der Waals surface area contributed by atoms with E-state index >= 15 is 0 Å². The third kappa shape index (κ3) is 2.31. The molecule has 0 aliphatic carbocycles. The van der Waals surface area contributed by atoms with E-state index in [0.29, 0.717) is 12.1 Å². The molecular formula is C10H10N2O3. The number of carboxylic acids is 1. The number of carbonyl (C=O) groups is 1. The van der Waals surface area contributed by atoms with Gasteiger partial charge in [0.05, 0.1) is 12.1 Å². The molecule has 0 amide bonds. The van der Waals surface area contributed by atoms with E-state index in [1.165, 1.54) is 0 Å². The molecule has 15 heavy (non-hydrogen) atoms. The van der Waals surface area contributed by atoms with Crippen molar-refractivity contribution in [1.29, 1.82) is 0 Å². The molecule has 1 atom stereocenters. The summed E-state index contributed by atoms with van der Waals surface area (Å²) < 4.78 is 0. The van der Waals surface area contributed by atoms with Crippen molar-refractivity contribution in [3.63, 3.8) is 0 Å². The highest BCUT2D eigenvalue weighted by atomic mass is 16.6. The van der Waals surface area contributed by atoms with Gasteiger partial charge in [0.1, 0.15) is 11.8 Å². The zero-order chi connectivity index (χ0) is 10.7. The summed E-state index contributed by atoms with van der Waals surface area (Å²) in [4.78, 5) is 19.6. The highest BCUT2D eigenvalue weighted by Gasteiger charge is 2.24. The molecule has 0 saturated heterocycles. The van der Waals surface area contributed by atoms with Gasteiger partial charge in [0.15, 0.2) is 0 Å². The number of aliphatic carboxylic acids is 1. The number of pyridine rings is 1. The van der Waals surface area contributed by atoms with Crippen molar-refractivity contribution in [1.82, 2.24) is 4.98 Å². The predicted molar refractivity (Wildman–Crippen MR) is 52.5 cm³/mol. The minimum absolute atomic E-state index is 0.0279. The van der Waals surface area contributed by atoms with Gasteiger partial charge in [-0.25, -0.2) is 0 Å². The lowest BCUT2D eigenvalue weighted by molar-refractivity contribution is -0.139. The average molecular weight is 206 g/mol. The van der Waals surface area contributed by atoms with Crippen LogP contribution in [-0.2, 0) is 9.63 Å². The van der Waals surface area contributed by atoms with E-state index in [9.17, 15) is 4.79 Å². The van der Waals surface area contributed by atoms with Crippen LogP contribution in [0.2, 0.25) is 0 Å². The molecule has 1 unspecified atom stereocenters. The lowest BCUT2D eigenvalue weighted by Crippen LogP contribution is -2.14. The number of hydrogen-bond donors (Lipinski definition) is 1. The van der Waals surface area contributed by atoms with Gasteiger partial charge in [-0.05, 0) is 12.1 Å². The van der Waals surface area contributed by atoms with Crippen LogP contribution in [0.15, 0.2) is 29.6 Å². The molecule has 1 N–H and O–H groups in total. The molecule has 2 rings (SSSR count). The Labute approximate surface area is 86.4 Å². The van der Waals surface area contributed by atoms with Crippen LogP contribution in [0, 0.1) is 0 Å². The van der Waals surface area contributed by atoms with Crippen LogP contribution in [-0.4, -0.2) is 27.9 Å². The van der Waals surface area contributed by atoms with E-state index in [1.807, 2.05) is 18.2 Å². The van der Waals surface area contributed by atoms with E-state index in [-0.39, 0.29) is 12.5 Å². The van der Waals surface area contributed by atoms with E-state index in [0.717, 1.165) is 5.69 Å². The Morgan fingerprint density at radius 1 is 1.60 bits per heavy atom. The van der Waals surface area contributed by atoms with Crippen LogP contribution >= 0.6 is 0 Å². The minimum Gasteiger partial charge on any atom is -0.481 e. The summed E-state index contributed by atoms with van der Waals surface area (Å²) in [6, 6.07) is 5.50. The Hall–Kier alpha value is -1.91. The maximum Gasteiger partial charge on any atom is 0.307 e. The molecule has 1 aliphatic rings. The van der Waals surface area contributed by atoms with Crippen molar-refractivity contribution >= 4 is 11.7 Å². The van der Waals surface area contributed by atoms with Crippen LogP contribution in [0.5, 0.6) is 0 Å². The maximum atomic E-state index is 10.5. The van der Waals surface area contributed by atoms with Gasteiger partial charge in [-0.2, -0.15) is 0 Å². The molecular weight excluding hydrogens is 196 g/mol. The summed E-state index contributed by atoms with van der Waals surface area (Å²) in [5.41, 5.74) is 1.45. The fourth-order valence-electron chi connectivity index (χ4n) is 1.42. The van der Waals surface area contributed by atoms with Crippen molar-refractivity contribution < 1.29 is 14.7 Å². The Bertz CT molecular complexity index is 389. The standard InChI is InChI=1S/C10H10N2O3/c13-10(14)6-7-5-9(12-15-7)8-3-1-2-4-11-8/h1-4,7H,5-6H2,(H,13,14). The average Bonchev–Trinajstić information content (AvgIpc) is 2.67. The number of carboxylic acid groups (broad SMARTS) is 1. The highest BCUT2D eigenvalue weighted by molar-refractivity contribution is 5.99. The van der Waals surface area contributed by atoms with E-state index in [1.54, 1.807) is 6.20 Å². The van der Waals surface area contributed by atoms with Crippen LogP contribution in [0.1, 0.15) is 18.5 Å². The third-order valence-corrected chi connectivity index (χ3v) is 2.10. The smallest absolute Gasteiger partial charge is 0.307 e. The molecule has 0 bridgehead atoms. The first kappa shape index (κ1) is 9.64. The van der Waals surface area contributed by atoms with Gasteiger partial charge in [0, 0.05) is 12.6 Å². The van der Waals surface area contributed by atoms with Crippen molar-refractivity contribution in [3.8, 4) is 0 Å². The molecule has 1 aromatic heterocycles. The van der Waals surface area contributed by atoms with Gasteiger partial charge in [0.2, 0.25) is 0 Å². The molecule has 0 saturated carbocycles. The summed E-state index contributed by atoms with van der Waals surface area (Å²) in [6.07, 6.45) is 1.78. The zero-order valence-corrected chi connectivity index (χ0v) is 7.96. The first-order valence-electron chi connectivity index (χ1n) is 4.61. The van der Waals surface area contributed by atoms with Gasteiger partial charge >= 0.3 is 5.97 Å². The number of nitrogens with zero attached hydrogens (tertiary/aromatic N) is 2. The Balaban J connectivity index is 2.01. The Morgan fingerprint density at radius 2 is 2.47 bits per heavy atom. The van der Waals surface area contributed by atoms with Crippen molar-refractivity contribution in [2.45, 2.75) is 18.9 Å². The minimum atomic E-state index is -0.877. The monoisotopic (exact) mass is 206 g/mol. The summed E-state index contributed by atoms with van der Waals surface area (Å²) in [5.74, 6) is -0.877. The van der Waals surface area contributed by atoms with Gasteiger partial charge in [-0.15, -0.1) is 0 Å². The number of rotatable bonds is 3. The predicted octanol–water partition coefficient (Wildman–Crippen LogP) is 1.05. The quantitative estimate of drug-likeness (QED) is 0.802. The summed E-state index contributed by atoms with van der Waals surface area (Å²) >= 11 is 0. The zero-order valence-electron chi connectivity index (χ0n) is 7.96. The molecule has 0 radical (unpaired) electrons. The van der Waals surface area contributed by atoms with Crippen molar-refractivity contribution in [2.24, 2.45) is 5.16 Å². The van der Waals surface area contributed by atoms with Crippen molar-refractivity contribution in [2.75, 3.05) is 0 Å². The molecule has 2 heterocycles. The van der Waals surface area contributed by atoms with Crippen LogP contribution in [0.4, 0.5) is 0 Å². The molecule has 1 aliphatic heterocycles. The topological polar surface area (TPSA) is 71.8 Å². The largest absolute Gasteiger partial charge is 0.481 e. The number of oxime groups is 1. The second kappa shape index (κ2) is 4.08. The Morgan fingerprint density at radius 3 is 3.13 bits per heavy atom. The number of hydrogen-bond acceptors (Lipinski definition) is 4. The first-order chi connectivity index (χ1) is 7.25. The molecule has 0 spiro atoms. The lowest BCUT2D eigenvalue weighted by atomic mass is 10.1. The van der Waals surface area contributed by atoms with Crippen molar-refractivity contribution in [3.05, 3.63) is 30.1 Å². The second-order valence-corrected chi connectivity index (χ2v) is 3.28. The normalized spacial score (nSPS) is 19.5. The number of aromatic nitrogens is 1. The van der Waals surface area contributed by atoms with Crippen LogP contribution in [0.25, 0.3) is 0 Å². The van der Waals surface area contributed by atoms with Crippen LogP contribution in [0.3, 0.4) is 0 Å². The third-order valence-electron chi connectivity index (χ3n) is 2.10. The van der Waals surface area contributed by atoms with E-state index < -0.39 is 5.97 Å². The molecule has 78 valence electrons. The fourth-order valence-corrected chi connectivity index (χ4v) is 1.42. The second-order valence-electron chi connectivity index (χ2n) is 3.28. The van der Waals surface area contributed by atoms with E-state index in [4.69, 9.17) is 9.94 Å². The Kier molecular flexibility index (Phi) is 2.62. The SMILES string of the molecule is O=C(O)CC1CC(c2ccccn2)=NO1. The highest BCUT2D eigenvalue weighted by Crippen LogP contribution is 2.17. The molecule has 1 aromatic rings. The first-order valence-corrected chi connectivity index (χ1v) is 4.61. The summed E-state index contributed by atoms with van der Waals surface area (Å²) in [6.45, 7) is 0. The summed E-state index contributed by atoms with van der Waals surface area (Å²) in [5, 5.41) is 12.4. The van der Waals surface area contributed by atoms with Gasteiger partial charge in [0.25, 0.3) is 0 Å². The fraction of sp³-hybridized carbons (Fsp3) is 0.300. The molecule has 0 fully saturated rings. The summed E-state index contributed by atoms with van der Waals surface area (Å²) in [7, 11) is 0. The van der Waals surface area contributed by atoms with E-state index in [2.05, 4.69) is 10.1 Å². The van der Waals surface area contributed by atoms with Gasteiger partial charge < -0.3 is 9.94 Å².